The molecule has 0 spiro atoms. The Kier molecular flexibility index (Phi) is 8.49. The fraction of sp³-hybridized carbons (Fsp3) is 0.348. The van der Waals surface area contributed by atoms with Crippen LogP contribution in [0.3, 0.4) is 0 Å². The van der Waals surface area contributed by atoms with Crippen LogP contribution in [0.25, 0.3) is 0 Å². The largest absolute Gasteiger partial charge is 0.484 e. The van der Waals surface area contributed by atoms with E-state index < -0.39 is 0 Å². The number of carbonyl (C=O) groups excluding carboxylic acids is 2. The van der Waals surface area contributed by atoms with Gasteiger partial charge in [-0.1, -0.05) is 17.7 Å². The molecule has 2 aromatic carbocycles. The van der Waals surface area contributed by atoms with Gasteiger partial charge < -0.3 is 14.4 Å². The van der Waals surface area contributed by atoms with Crippen molar-refractivity contribution in [1.82, 2.24) is 10.3 Å². The molecule has 0 saturated carbocycles. The summed E-state index contributed by atoms with van der Waals surface area (Å²) in [6, 6.07) is 15.2. The number of aryl methyl sites for hydroxylation is 1. The van der Waals surface area contributed by atoms with E-state index in [1.54, 1.807) is 23.2 Å². The molecule has 1 saturated heterocycles. The molecule has 0 bridgehead atoms. The summed E-state index contributed by atoms with van der Waals surface area (Å²) in [5, 5.41) is 3.77. The summed E-state index contributed by atoms with van der Waals surface area (Å²) >= 11 is 1.49. The molecule has 0 unspecified atom stereocenters. The molecular formula is C23H27N3O4S. The van der Waals surface area contributed by atoms with E-state index in [-0.39, 0.29) is 23.7 Å². The minimum absolute atomic E-state index is 0.0000310. The van der Waals surface area contributed by atoms with Crippen molar-refractivity contribution in [2.45, 2.75) is 24.0 Å². The molecule has 0 aromatic heterocycles. The van der Waals surface area contributed by atoms with E-state index in [1.165, 1.54) is 17.3 Å². The van der Waals surface area contributed by atoms with Crippen molar-refractivity contribution in [1.29, 1.82) is 0 Å². The minimum atomic E-state index is -0.264. The van der Waals surface area contributed by atoms with Crippen LogP contribution < -0.4 is 10.2 Å². The third-order valence-electron chi connectivity index (χ3n) is 4.70. The van der Waals surface area contributed by atoms with Crippen LogP contribution in [0.4, 0.5) is 0 Å². The Hall–Kier alpha value is -2.84. The highest BCUT2D eigenvalue weighted by atomic mass is 32.2. The van der Waals surface area contributed by atoms with Gasteiger partial charge in [-0.15, -0.1) is 11.8 Å². The average Bonchev–Trinajstić information content (AvgIpc) is 2.80. The molecule has 1 aliphatic heterocycles. The quantitative estimate of drug-likeness (QED) is 0.387. The Morgan fingerprint density at radius 2 is 1.84 bits per heavy atom. The maximum Gasteiger partial charge on any atom is 0.260 e. The summed E-state index contributed by atoms with van der Waals surface area (Å²) < 4.78 is 10.8. The third kappa shape index (κ3) is 7.41. The number of hydrazone groups is 1. The number of rotatable bonds is 8. The molecule has 0 radical (unpaired) electrons. The first-order valence-electron chi connectivity index (χ1n) is 10.2. The number of thioether (sulfide) groups is 1. The molecule has 1 fully saturated rings. The lowest BCUT2D eigenvalue weighted by Crippen LogP contribution is -2.42. The normalized spacial score (nSPS) is 15.0. The number of ether oxygens (including phenoxy) is 2. The van der Waals surface area contributed by atoms with E-state index in [2.05, 4.69) is 10.5 Å². The van der Waals surface area contributed by atoms with E-state index >= 15 is 0 Å². The maximum atomic E-state index is 12.2. The van der Waals surface area contributed by atoms with Crippen LogP contribution in [0.15, 0.2) is 58.5 Å². The van der Waals surface area contributed by atoms with Crippen LogP contribution in [0, 0.1) is 6.92 Å². The topological polar surface area (TPSA) is 80.2 Å². The van der Waals surface area contributed by atoms with Crippen molar-refractivity contribution >= 4 is 29.8 Å². The molecule has 8 heteroatoms. The Morgan fingerprint density at radius 3 is 2.52 bits per heavy atom. The zero-order valence-corrected chi connectivity index (χ0v) is 18.6. The van der Waals surface area contributed by atoms with Crippen molar-refractivity contribution in [3.05, 3.63) is 59.7 Å². The van der Waals surface area contributed by atoms with E-state index in [4.69, 9.17) is 9.47 Å². The molecule has 0 aliphatic carbocycles. The van der Waals surface area contributed by atoms with Gasteiger partial charge in [0.2, 0.25) is 0 Å². The van der Waals surface area contributed by atoms with Gasteiger partial charge >= 0.3 is 0 Å². The number of benzene rings is 2. The predicted octanol–water partition coefficient (Wildman–Crippen LogP) is 2.86. The van der Waals surface area contributed by atoms with Gasteiger partial charge in [-0.05, 0) is 55.8 Å². The molecular weight excluding hydrogens is 414 g/mol. The van der Waals surface area contributed by atoms with Gasteiger partial charge in [0, 0.05) is 18.0 Å². The zero-order valence-electron chi connectivity index (χ0n) is 17.7. The summed E-state index contributed by atoms with van der Waals surface area (Å²) in [5.74, 6) is 0.392. The second-order valence-corrected chi connectivity index (χ2v) is 8.57. The highest BCUT2D eigenvalue weighted by Crippen LogP contribution is 2.23. The first-order valence-corrected chi connectivity index (χ1v) is 11.0. The number of morpholine rings is 1. The van der Waals surface area contributed by atoms with Gasteiger partial charge in [0.05, 0.1) is 24.7 Å². The van der Waals surface area contributed by atoms with E-state index in [1.807, 2.05) is 50.2 Å². The fourth-order valence-electron chi connectivity index (χ4n) is 2.84. The molecule has 3 rings (SSSR count). The van der Waals surface area contributed by atoms with Gasteiger partial charge in [0.15, 0.2) is 6.61 Å². The molecule has 1 heterocycles. The van der Waals surface area contributed by atoms with Crippen LogP contribution in [0.5, 0.6) is 5.75 Å². The van der Waals surface area contributed by atoms with Crippen LogP contribution >= 0.6 is 11.8 Å². The summed E-state index contributed by atoms with van der Waals surface area (Å²) in [6.45, 7) is 6.22. The van der Waals surface area contributed by atoms with Gasteiger partial charge in [-0.2, -0.15) is 5.10 Å². The number of nitrogens with one attached hydrogen (secondary N) is 1. The molecule has 2 amide bonds. The molecule has 1 atom stereocenters. The van der Waals surface area contributed by atoms with Crippen molar-refractivity contribution < 1.29 is 19.1 Å². The SMILES string of the molecule is Cc1ccc(S[C@@H](C)C(=O)N/N=C\c2ccc(OCC(=O)N3CCOCC3)cc2)cc1. The number of hydrogen-bond acceptors (Lipinski definition) is 6. The number of carbonyl (C=O) groups is 2. The van der Waals surface area contributed by atoms with Gasteiger partial charge in [0.1, 0.15) is 5.75 Å². The van der Waals surface area contributed by atoms with E-state index in [0.717, 1.165) is 10.5 Å². The maximum absolute atomic E-state index is 12.2. The molecule has 164 valence electrons. The average molecular weight is 442 g/mol. The molecule has 7 nitrogen and oxygen atoms in total. The first kappa shape index (κ1) is 22.8. The van der Waals surface area contributed by atoms with Gasteiger partial charge in [-0.3, -0.25) is 9.59 Å². The highest BCUT2D eigenvalue weighted by molar-refractivity contribution is 8.00. The van der Waals surface area contributed by atoms with Crippen molar-refractivity contribution in [2.75, 3.05) is 32.9 Å². The second kappa shape index (κ2) is 11.5. The molecule has 1 aliphatic rings. The van der Waals surface area contributed by atoms with Crippen molar-refractivity contribution in [2.24, 2.45) is 5.10 Å². The summed E-state index contributed by atoms with van der Waals surface area (Å²) in [4.78, 5) is 27.1. The number of amides is 2. The lowest BCUT2D eigenvalue weighted by atomic mass is 10.2. The lowest BCUT2D eigenvalue weighted by Gasteiger charge is -2.26. The smallest absolute Gasteiger partial charge is 0.260 e. The highest BCUT2D eigenvalue weighted by Gasteiger charge is 2.17. The van der Waals surface area contributed by atoms with Crippen LogP contribution in [-0.2, 0) is 14.3 Å². The van der Waals surface area contributed by atoms with Crippen LogP contribution in [0.2, 0.25) is 0 Å². The number of hydrogen-bond donors (Lipinski definition) is 1. The van der Waals surface area contributed by atoms with Crippen molar-refractivity contribution in [3.63, 3.8) is 0 Å². The minimum Gasteiger partial charge on any atom is -0.484 e. The van der Waals surface area contributed by atoms with Gasteiger partial charge in [0.25, 0.3) is 11.8 Å². The molecule has 2 aromatic rings. The third-order valence-corrected chi connectivity index (χ3v) is 5.81. The summed E-state index contributed by atoms with van der Waals surface area (Å²) in [7, 11) is 0. The van der Waals surface area contributed by atoms with E-state index in [9.17, 15) is 9.59 Å². The molecule has 31 heavy (non-hydrogen) atoms. The Balaban J connectivity index is 1.41. The van der Waals surface area contributed by atoms with E-state index in [0.29, 0.717) is 32.1 Å². The number of nitrogens with zero attached hydrogens (tertiary/aromatic N) is 2. The van der Waals surface area contributed by atoms with Crippen molar-refractivity contribution in [3.8, 4) is 5.75 Å². The predicted molar refractivity (Wildman–Crippen MR) is 122 cm³/mol. The summed E-state index contributed by atoms with van der Waals surface area (Å²) in [6.07, 6.45) is 1.57. The fourth-order valence-corrected chi connectivity index (χ4v) is 3.70. The lowest BCUT2D eigenvalue weighted by molar-refractivity contribution is -0.137. The monoisotopic (exact) mass is 441 g/mol. The summed E-state index contributed by atoms with van der Waals surface area (Å²) in [5.41, 5.74) is 4.57. The molecule has 1 N–H and O–H groups in total. The Labute approximate surface area is 186 Å². The Bertz CT molecular complexity index is 894. The van der Waals surface area contributed by atoms with Gasteiger partial charge in [-0.25, -0.2) is 5.43 Å². The standard InChI is InChI=1S/C23H27N3O4S/c1-17-3-9-21(10-4-17)31-18(2)23(28)25-24-15-19-5-7-20(8-6-19)30-16-22(27)26-11-13-29-14-12-26/h3-10,15,18H,11-14,16H2,1-2H3,(H,25,28)/b24-15-/t18-/m0/s1. The zero-order chi connectivity index (χ0) is 22.1. The Morgan fingerprint density at radius 1 is 1.16 bits per heavy atom. The second-order valence-electron chi connectivity index (χ2n) is 7.16. The van der Waals surface area contributed by atoms with Crippen LogP contribution in [0.1, 0.15) is 18.1 Å². The first-order chi connectivity index (χ1) is 15.0. The van der Waals surface area contributed by atoms with Crippen LogP contribution in [-0.4, -0.2) is 61.1 Å².